The Morgan fingerprint density at radius 1 is 0.775 bits per heavy atom. The van der Waals surface area contributed by atoms with Crippen LogP contribution in [0.5, 0.6) is 17.2 Å². The molecular formula is C30H31F6NO3. The van der Waals surface area contributed by atoms with Gasteiger partial charge in [0.25, 0.3) is 0 Å². The molecule has 0 radical (unpaired) electrons. The minimum absolute atomic E-state index is 0.353. The Morgan fingerprint density at radius 3 is 1.73 bits per heavy atom. The highest BCUT2D eigenvalue weighted by atomic mass is 19.2. The van der Waals surface area contributed by atoms with Gasteiger partial charge < -0.3 is 14.2 Å². The second kappa shape index (κ2) is 12.8. The van der Waals surface area contributed by atoms with E-state index in [0.717, 1.165) is 32.0 Å². The van der Waals surface area contributed by atoms with Crippen LogP contribution in [0, 0.1) is 40.8 Å². The molecule has 0 amide bonds. The summed E-state index contributed by atoms with van der Waals surface area (Å²) in [6, 6.07) is 9.09. The van der Waals surface area contributed by atoms with Gasteiger partial charge in [0, 0.05) is 23.6 Å². The monoisotopic (exact) mass is 567 g/mol. The highest BCUT2D eigenvalue weighted by Crippen LogP contribution is 2.44. The van der Waals surface area contributed by atoms with Gasteiger partial charge in [-0.2, -0.15) is 8.78 Å². The number of methoxy groups -OCH3 is 2. The van der Waals surface area contributed by atoms with Crippen LogP contribution < -0.4 is 14.2 Å². The Balaban J connectivity index is 1.64. The second-order valence-corrected chi connectivity index (χ2v) is 9.80. The van der Waals surface area contributed by atoms with Crippen molar-refractivity contribution in [1.82, 2.24) is 4.90 Å². The van der Waals surface area contributed by atoms with Gasteiger partial charge in [-0.3, -0.25) is 4.90 Å². The van der Waals surface area contributed by atoms with Crippen LogP contribution in [0.15, 0.2) is 36.4 Å². The third-order valence-corrected chi connectivity index (χ3v) is 7.27. The highest BCUT2D eigenvalue weighted by molar-refractivity contribution is 5.43. The molecular weight excluding hydrogens is 536 g/mol. The van der Waals surface area contributed by atoms with Crippen molar-refractivity contribution in [2.45, 2.75) is 38.6 Å². The Bertz CT molecular complexity index is 1260. The first-order valence-electron chi connectivity index (χ1n) is 13.1. The van der Waals surface area contributed by atoms with E-state index in [-0.39, 0.29) is 0 Å². The molecule has 0 saturated carbocycles. The standard InChI is InChI=1S/C30H31F6NO3/c1-4-13-40-19-7-5-17(6-8-19)16-37-11-9-18(10-12-37)24(20-14-22(31)29(38-2)27(35)25(20)33)21-15-23(32)30(39-3)28(36)26(21)34/h5-8,14-15,18,24H,4,9-13,16H2,1-3H3. The van der Waals surface area contributed by atoms with Crippen LogP contribution in [-0.4, -0.2) is 38.8 Å². The lowest BCUT2D eigenvalue weighted by Gasteiger charge is -2.37. The van der Waals surface area contributed by atoms with Gasteiger partial charge in [-0.25, -0.2) is 17.6 Å². The summed E-state index contributed by atoms with van der Waals surface area (Å²) in [6.45, 7) is 4.22. The number of hydrogen-bond donors (Lipinski definition) is 0. The molecule has 0 aromatic heterocycles. The molecule has 3 aromatic carbocycles. The number of piperidine rings is 1. The third kappa shape index (κ3) is 6.01. The minimum atomic E-state index is -1.60. The lowest BCUT2D eigenvalue weighted by atomic mass is 9.75. The summed E-state index contributed by atoms with van der Waals surface area (Å²) in [5.74, 6) is -11.6. The van der Waals surface area contributed by atoms with E-state index in [9.17, 15) is 17.6 Å². The van der Waals surface area contributed by atoms with Crippen LogP contribution >= 0.6 is 0 Å². The van der Waals surface area contributed by atoms with E-state index in [1.54, 1.807) is 0 Å². The molecule has 4 rings (SSSR count). The molecule has 216 valence electrons. The van der Waals surface area contributed by atoms with E-state index >= 15 is 8.78 Å². The number of rotatable bonds is 10. The van der Waals surface area contributed by atoms with Gasteiger partial charge >= 0.3 is 0 Å². The van der Waals surface area contributed by atoms with Crippen molar-refractivity contribution >= 4 is 0 Å². The van der Waals surface area contributed by atoms with Crippen LogP contribution in [0.1, 0.15) is 48.8 Å². The summed E-state index contributed by atoms with van der Waals surface area (Å²) < 4.78 is 104. The van der Waals surface area contributed by atoms with Crippen LogP contribution in [0.2, 0.25) is 0 Å². The maximum Gasteiger partial charge on any atom is 0.203 e. The van der Waals surface area contributed by atoms with E-state index in [2.05, 4.69) is 14.4 Å². The molecule has 10 heteroatoms. The summed E-state index contributed by atoms with van der Waals surface area (Å²) in [5, 5.41) is 0. The Labute approximate surface area is 229 Å². The predicted octanol–water partition coefficient (Wildman–Crippen LogP) is 7.37. The molecule has 1 heterocycles. The third-order valence-electron chi connectivity index (χ3n) is 7.27. The molecule has 0 bridgehead atoms. The average molecular weight is 568 g/mol. The second-order valence-electron chi connectivity index (χ2n) is 9.80. The van der Waals surface area contributed by atoms with Gasteiger partial charge in [-0.15, -0.1) is 0 Å². The van der Waals surface area contributed by atoms with Crippen LogP contribution in [0.3, 0.4) is 0 Å². The number of nitrogens with zero attached hydrogens (tertiary/aromatic N) is 1. The number of likely N-dealkylation sites (tertiary alicyclic amines) is 1. The number of benzene rings is 3. The quantitative estimate of drug-likeness (QED) is 0.189. The van der Waals surface area contributed by atoms with Crippen LogP contribution in [-0.2, 0) is 6.54 Å². The molecule has 1 aliphatic rings. The van der Waals surface area contributed by atoms with Crippen LogP contribution in [0.4, 0.5) is 26.3 Å². The van der Waals surface area contributed by atoms with Crippen molar-refractivity contribution in [2.75, 3.05) is 33.9 Å². The molecule has 0 spiro atoms. The van der Waals surface area contributed by atoms with Crippen molar-refractivity contribution < 1.29 is 40.6 Å². The minimum Gasteiger partial charge on any atom is -0.494 e. The Hall–Kier alpha value is -3.40. The molecule has 4 nitrogen and oxygen atoms in total. The van der Waals surface area contributed by atoms with Gasteiger partial charge in [0.05, 0.1) is 20.8 Å². The highest BCUT2D eigenvalue weighted by Gasteiger charge is 2.37. The SMILES string of the molecule is CCCOc1ccc(CN2CCC(C(c3cc(F)c(OC)c(F)c3F)c3cc(F)c(OC)c(F)c3F)CC2)cc1. The fourth-order valence-corrected chi connectivity index (χ4v) is 5.31. The smallest absolute Gasteiger partial charge is 0.203 e. The van der Waals surface area contributed by atoms with E-state index < -0.39 is 69.4 Å². The van der Waals surface area contributed by atoms with E-state index in [0.29, 0.717) is 51.2 Å². The van der Waals surface area contributed by atoms with Gasteiger partial charge in [-0.05, 0) is 68.1 Å². The molecule has 1 saturated heterocycles. The zero-order chi connectivity index (χ0) is 29.0. The van der Waals surface area contributed by atoms with Gasteiger partial charge in [-0.1, -0.05) is 19.1 Å². The summed E-state index contributed by atoms with van der Waals surface area (Å²) in [6.07, 6.45) is 1.61. The van der Waals surface area contributed by atoms with E-state index in [1.165, 1.54) is 0 Å². The average Bonchev–Trinajstić information content (AvgIpc) is 2.95. The molecule has 1 aliphatic heterocycles. The zero-order valence-corrected chi connectivity index (χ0v) is 22.5. The molecule has 1 fully saturated rings. The van der Waals surface area contributed by atoms with Crippen molar-refractivity contribution in [2.24, 2.45) is 5.92 Å². The van der Waals surface area contributed by atoms with Gasteiger partial charge in [0.2, 0.25) is 11.6 Å². The molecule has 0 aliphatic carbocycles. The summed E-state index contributed by atoms with van der Waals surface area (Å²) >= 11 is 0. The normalized spacial score (nSPS) is 14.6. The lowest BCUT2D eigenvalue weighted by molar-refractivity contribution is 0.166. The molecule has 0 N–H and O–H groups in total. The van der Waals surface area contributed by atoms with Crippen LogP contribution in [0.25, 0.3) is 0 Å². The maximum atomic E-state index is 15.3. The first kappa shape index (κ1) is 29.6. The fourth-order valence-electron chi connectivity index (χ4n) is 5.31. The molecule has 0 unspecified atom stereocenters. The Morgan fingerprint density at radius 2 is 1.27 bits per heavy atom. The lowest BCUT2D eigenvalue weighted by Crippen LogP contribution is -2.36. The zero-order valence-electron chi connectivity index (χ0n) is 22.5. The molecule has 0 atom stereocenters. The largest absolute Gasteiger partial charge is 0.494 e. The fraction of sp³-hybridized carbons (Fsp3) is 0.400. The van der Waals surface area contributed by atoms with Crippen molar-refractivity contribution in [3.05, 3.63) is 88.0 Å². The summed E-state index contributed by atoms with van der Waals surface area (Å²) in [5.41, 5.74) is -0.0471. The maximum absolute atomic E-state index is 15.3. The van der Waals surface area contributed by atoms with Crippen molar-refractivity contribution in [3.8, 4) is 17.2 Å². The topological polar surface area (TPSA) is 30.9 Å². The van der Waals surface area contributed by atoms with E-state index in [4.69, 9.17) is 4.74 Å². The number of ether oxygens (including phenoxy) is 3. The Kier molecular flexibility index (Phi) is 9.50. The summed E-state index contributed by atoms with van der Waals surface area (Å²) in [7, 11) is 1.96. The first-order valence-corrected chi connectivity index (χ1v) is 13.1. The first-order chi connectivity index (χ1) is 19.2. The van der Waals surface area contributed by atoms with Crippen molar-refractivity contribution in [3.63, 3.8) is 0 Å². The number of halogens is 6. The van der Waals surface area contributed by atoms with E-state index in [1.807, 2.05) is 31.2 Å². The summed E-state index contributed by atoms with van der Waals surface area (Å²) in [4.78, 5) is 2.13. The molecule has 3 aromatic rings. The van der Waals surface area contributed by atoms with Crippen molar-refractivity contribution in [1.29, 1.82) is 0 Å². The van der Waals surface area contributed by atoms with Gasteiger partial charge in [0.15, 0.2) is 34.8 Å². The molecule has 40 heavy (non-hydrogen) atoms. The number of hydrogen-bond acceptors (Lipinski definition) is 4. The predicted molar refractivity (Wildman–Crippen MR) is 138 cm³/mol. The van der Waals surface area contributed by atoms with Gasteiger partial charge in [0.1, 0.15) is 5.75 Å².